The molecule has 0 bridgehead atoms. The molecular formula is C27H34N4O7. The van der Waals surface area contributed by atoms with Gasteiger partial charge < -0.3 is 19.5 Å². The van der Waals surface area contributed by atoms with Gasteiger partial charge in [-0.05, 0) is 65.3 Å². The maximum atomic E-state index is 12.6. The maximum Gasteiger partial charge on any atom is 0.414 e. The van der Waals surface area contributed by atoms with Crippen LogP contribution in [0.2, 0.25) is 0 Å². The Hall–Kier alpha value is -4.41. The first-order valence-electron chi connectivity index (χ1n) is 11.9. The topological polar surface area (TPSA) is 144 Å². The normalized spacial score (nSPS) is 11.0. The van der Waals surface area contributed by atoms with Crippen molar-refractivity contribution < 1.29 is 33.4 Å². The number of nitrogens with zero attached hydrogens (tertiary/aromatic N) is 1. The minimum absolute atomic E-state index is 0.0951. The highest BCUT2D eigenvalue weighted by Crippen LogP contribution is 2.15. The van der Waals surface area contributed by atoms with Gasteiger partial charge in [0.1, 0.15) is 24.4 Å². The molecule has 2 rings (SSSR count). The third-order valence-electron chi connectivity index (χ3n) is 4.22. The molecule has 2 aromatic rings. The number of hydrogen-bond acceptors (Lipinski definition) is 8. The van der Waals surface area contributed by atoms with Crippen LogP contribution in [-0.4, -0.2) is 47.8 Å². The molecule has 0 fully saturated rings. The molecule has 0 unspecified atom stereocenters. The number of guanidine groups is 1. The van der Waals surface area contributed by atoms with Gasteiger partial charge in [-0.25, -0.2) is 14.6 Å². The predicted molar refractivity (Wildman–Crippen MR) is 141 cm³/mol. The molecule has 38 heavy (non-hydrogen) atoms. The fourth-order valence-corrected chi connectivity index (χ4v) is 2.78. The summed E-state index contributed by atoms with van der Waals surface area (Å²) in [6.45, 7) is 9.88. The van der Waals surface area contributed by atoms with Crippen LogP contribution in [0.15, 0.2) is 59.6 Å². The van der Waals surface area contributed by atoms with Crippen molar-refractivity contribution in [2.24, 2.45) is 4.99 Å². The number of nitrogens with one attached hydrogen (secondary N) is 3. The van der Waals surface area contributed by atoms with E-state index in [1.165, 1.54) is 12.1 Å². The first-order chi connectivity index (χ1) is 17.7. The van der Waals surface area contributed by atoms with Gasteiger partial charge in [-0.1, -0.05) is 36.4 Å². The van der Waals surface area contributed by atoms with Crippen LogP contribution in [0.5, 0.6) is 0 Å². The molecule has 0 radical (unpaired) electrons. The highest BCUT2D eigenvalue weighted by molar-refractivity contribution is 6.03. The number of rotatable bonds is 6. The van der Waals surface area contributed by atoms with E-state index in [0.29, 0.717) is 0 Å². The summed E-state index contributed by atoms with van der Waals surface area (Å²) in [7, 11) is 0. The molecule has 0 saturated heterocycles. The van der Waals surface area contributed by atoms with E-state index in [4.69, 9.17) is 14.2 Å². The van der Waals surface area contributed by atoms with Crippen molar-refractivity contribution in [1.29, 1.82) is 0 Å². The van der Waals surface area contributed by atoms with E-state index in [-0.39, 0.29) is 30.4 Å². The van der Waals surface area contributed by atoms with E-state index in [0.717, 1.165) is 5.56 Å². The van der Waals surface area contributed by atoms with Gasteiger partial charge in [-0.2, -0.15) is 0 Å². The minimum Gasteiger partial charge on any atom is -0.460 e. The zero-order chi connectivity index (χ0) is 28.3. The lowest BCUT2D eigenvalue weighted by atomic mass is 10.2. The molecular weight excluding hydrogens is 492 g/mol. The number of esters is 1. The predicted octanol–water partition coefficient (Wildman–Crippen LogP) is 4.20. The van der Waals surface area contributed by atoms with Crippen molar-refractivity contribution in [3.63, 3.8) is 0 Å². The molecule has 11 heteroatoms. The smallest absolute Gasteiger partial charge is 0.414 e. The number of aliphatic imine (C=N–C) groups is 1. The first kappa shape index (κ1) is 29.8. The molecule has 0 saturated carbocycles. The standard InChI is InChI=1S/C27H34N4O7/c1-26(2,3)37-24(34)30-23(31-25(35)38-27(4,5)6)29-20-14-10-13-19(15-20)22(33)28-16-21(32)36-17-18-11-8-7-9-12-18/h7-15H,16-17H2,1-6H3,(H,28,33)(H2,29,30,31,34,35). The van der Waals surface area contributed by atoms with E-state index < -0.39 is 35.3 Å². The van der Waals surface area contributed by atoms with Crippen molar-refractivity contribution in [2.45, 2.75) is 59.4 Å². The largest absolute Gasteiger partial charge is 0.460 e. The van der Waals surface area contributed by atoms with Crippen LogP contribution in [-0.2, 0) is 25.6 Å². The van der Waals surface area contributed by atoms with Crippen LogP contribution in [0.3, 0.4) is 0 Å². The fraction of sp³-hybridized carbons (Fsp3) is 0.370. The summed E-state index contributed by atoms with van der Waals surface area (Å²) in [6.07, 6.45) is -1.70. The van der Waals surface area contributed by atoms with Gasteiger partial charge in [0.15, 0.2) is 0 Å². The van der Waals surface area contributed by atoms with Crippen LogP contribution in [0, 0.1) is 0 Å². The van der Waals surface area contributed by atoms with Gasteiger partial charge in [0, 0.05) is 5.56 Å². The van der Waals surface area contributed by atoms with Gasteiger partial charge in [0.2, 0.25) is 5.96 Å². The molecule has 11 nitrogen and oxygen atoms in total. The Balaban J connectivity index is 2.09. The van der Waals surface area contributed by atoms with Crippen LogP contribution in [0.25, 0.3) is 0 Å². The third-order valence-corrected chi connectivity index (χ3v) is 4.22. The van der Waals surface area contributed by atoms with Crippen LogP contribution in [0.4, 0.5) is 15.3 Å². The molecule has 0 aliphatic rings. The summed E-state index contributed by atoms with van der Waals surface area (Å²) in [5.74, 6) is -1.40. The Labute approximate surface area is 221 Å². The monoisotopic (exact) mass is 526 g/mol. The molecule has 0 aromatic heterocycles. The number of carbonyl (C=O) groups excluding carboxylic acids is 4. The summed E-state index contributed by atoms with van der Waals surface area (Å²) < 4.78 is 15.6. The van der Waals surface area contributed by atoms with Crippen molar-refractivity contribution in [1.82, 2.24) is 16.0 Å². The van der Waals surface area contributed by atoms with Gasteiger partial charge in [-0.3, -0.25) is 20.2 Å². The number of alkyl carbamates (subject to hydrolysis) is 2. The minimum atomic E-state index is -0.852. The van der Waals surface area contributed by atoms with E-state index >= 15 is 0 Å². The second-order valence-corrected chi connectivity index (χ2v) is 10.1. The van der Waals surface area contributed by atoms with Crippen molar-refractivity contribution >= 4 is 35.7 Å². The van der Waals surface area contributed by atoms with Crippen LogP contribution in [0.1, 0.15) is 57.5 Å². The highest BCUT2D eigenvalue weighted by atomic mass is 16.6. The Morgan fingerprint density at radius 2 is 1.37 bits per heavy atom. The Morgan fingerprint density at radius 1 is 0.789 bits per heavy atom. The summed E-state index contributed by atoms with van der Waals surface area (Å²) in [4.78, 5) is 53.4. The molecule has 2 aromatic carbocycles. The Morgan fingerprint density at radius 3 is 1.92 bits per heavy atom. The summed E-state index contributed by atoms with van der Waals surface area (Å²) in [5.41, 5.74) is -0.334. The summed E-state index contributed by atoms with van der Waals surface area (Å²) in [6, 6.07) is 15.2. The molecule has 0 heterocycles. The van der Waals surface area contributed by atoms with Crippen LogP contribution < -0.4 is 16.0 Å². The zero-order valence-corrected chi connectivity index (χ0v) is 22.4. The average Bonchev–Trinajstić information content (AvgIpc) is 2.79. The second kappa shape index (κ2) is 13.2. The number of hydrogen-bond donors (Lipinski definition) is 3. The maximum absolute atomic E-state index is 12.6. The average molecular weight is 527 g/mol. The van der Waals surface area contributed by atoms with Crippen molar-refractivity contribution in [3.8, 4) is 0 Å². The second-order valence-electron chi connectivity index (χ2n) is 10.1. The molecule has 3 N–H and O–H groups in total. The lowest BCUT2D eigenvalue weighted by molar-refractivity contribution is -0.143. The molecule has 0 aliphatic heterocycles. The third kappa shape index (κ3) is 12.0. The van der Waals surface area contributed by atoms with E-state index in [1.54, 1.807) is 53.7 Å². The molecule has 0 spiro atoms. The lowest BCUT2D eigenvalue weighted by Crippen LogP contribution is -2.47. The van der Waals surface area contributed by atoms with Gasteiger partial charge in [-0.15, -0.1) is 0 Å². The van der Waals surface area contributed by atoms with Gasteiger partial charge >= 0.3 is 18.2 Å². The number of benzene rings is 2. The van der Waals surface area contributed by atoms with E-state index in [1.807, 2.05) is 30.3 Å². The van der Waals surface area contributed by atoms with Crippen molar-refractivity contribution in [3.05, 3.63) is 65.7 Å². The molecule has 204 valence electrons. The first-order valence-corrected chi connectivity index (χ1v) is 11.9. The van der Waals surface area contributed by atoms with Gasteiger partial charge in [0.25, 0.3) is 5.91 Å². The SMILES string of the molecule is CC(C)(C)OC(=O)NC(=Nc1cccc(C(=O)NCC(=O)OCc2ccccc2)c1)NC(=O)OC(C)(C)C. The molecule has 3 amide bonds. The van der Waals surface area contributed by atoms with Crippen LogP contribution >= 0.6 is 0 Å². The Kier molecular flexibility index (Phi) is 10.4. The fourth-order valence-electron chi connectivity index (χ4n) is 2.78. The number of ether oxygens (including phenoxy) is 3. The molecule has 0 atom stereocenters. The van der Waals surface area contributed by atoms with Crippen molar-refractivity contribution in [2.75, 3.05) is 6.54 Å². The quantitative estimate of drug-likeness (QED) is 0.221. The highest BCUT2D eigenvalue weighted by Gasteiger charge is 2.21. The lowest BCUT2D eigenvalue weighted by Gasteiger charge is -2.22. The van der Waals surface area contributed by atoms with E-state index in [9.17, 15) is 19.2 Å². The summed E-state index contributed by atoms with van der Waals surface area (Å²) in [5, 5.41) is 7.23. The number of carbonyl (C=O) groups is 4. The summed E-state index contributed by atoms with van der Waals surface area (Å²) >= 11 is 0. The zero-order valence-electron chi connectivity index (χ0n) is 22.4. The molecule has 0 aliphatic carbocycles. The van der Waals surface area contributed by atoms with E-state index in [2.05, 4.69) is 20.9 Å². The Bertz CT molecular complexity index is 1130. The van der Waals surface area contributed by atoms with Gasteiger partial charge in [0.05, 0.1) is 5.69 Å². The number of amides is 3.